The smallest absolute Gasteiger partial charge is 0.223 e. The first-order chi connectivity index (χ1) is 9.72. The van der Waals surface area contributed by atoms with Crippen molar-refractivity contribution < 1.29 is 4.79 Å². The van der Waals surface area contributed by atoms with Crippen molar-refractivity contribution in [3.8, 4) is 11.1 Å². The lowest BCUT2D eigenvalue weighted by atomic mass is 10.0. The minimum Gasteiger partial charge on any atom is -0.352 e. The average Bonchev–Trinajstić information content (AvgIpc) is 3.31. The second-order valence-corrected chi connectivity index (χ2v) is 5.63. The minimum atomic E-state index is 0.187. The van der Waals surface area contributed by atoms with E-state index in [4.69, 9.17) is 11.6 Å². The number of amides is 1. The van der Waals surface area contributed by atoms with Gasteiger partial charge in [0, 0.05) is 17.5 Å². The monoisotopic (exact) mass is 285 g/mol. The predicted molar refractivity (Wildman–Crippen MR) is 81.5 cm³/mol. The van der Waals surface area contributed by atoms with Gasteiger partial charge in [0.05, 0.1) is 0 Å². The molecule has 2 aromatic rings. The lowest BCUT2D eigenvalue weighted by Gasteiger charge is -2.06. The van der Waals surface area contributed by atoms with Crippen LogP contribution in [0.4, 0.5) is 0 Å². The number of hydrogen-bond donors (Lipinski definition) is 1. The van der Waals surface area contributed by atoms with E-state index < -0.39 is 0 Å². The van der Waals surface area contributed by atoms with Gasteiger partial charge in [-0.25, -0.2) is 0 Å². The summed E-state index contributed by atoms with van der Waals surface area (Å²) in [6.45, 7) is 0.607. The van der Waals surface area contributed by atoms with Crippen molar-refractivity contribution in [3.05, 3.63) is 59.1 Å². The summed E-state index contributed by atoms with van der Waals surface area (Å²) in [5, 5.41) is 3.71. The summed E-state index contributed by atoms with van der Waals surface area (Å²) >= 11 is 5.89. The van der Waals surface area contributed by atoms with Crippen molar-refractivity contribution in [1.82, 2.24) is 5.32 Å². The van der Waals surface area contributed by atoms with Crippen molar-refractivity contribution in [1.29, 1.82) is 0 Å². The SMILES string of the molecule is O=C(NCc1ccc(-c2ccc(Cl)cc2)cc1)C1CC1. The van der Waals surface area contributed by atoms with Crippen LogP contribution in [0.25, 0.3) is 11.1 Å². The van der Waals surface area contributed by atoms with Gasteiger partial charge in [0.25, 0.3) is 0 Å². The van der Waals surface area contributed by atoms with E-state index in [1.165, 1.54) is 0 Å². The molecule has 1 N–H and O–H groups in total. The van der Waals surface area contributed by atoms with Gasteiger partial charge in [0.2, 0.25) is 5.91 Å². The molecular formula is C17H16ClNO. The molecule has 20 heavy (non-hydrogen) atoms. The molecule has 3 rings (SSSR count). The maximum absolute atomic E-state index is 11.6. The first-order valence-corrected chi connectivity index (χ1v) is 7.23. The number of carbonyl (C=O) groups is 1. The quantitative estimate of drug-likeness (QED) is 0.903. The third-order valence-corrected chi connectivity index (χ3v) is 3.80. The van der Waals surface area contributed by atoms with Crippen LogP contribution in [0.3, 0.4) is 0 Å². The van der Waals surface area contributed by atoms with Gasteiger partial charge in [-0.3, -0.25) is 4.79 Å². The van der Waals surface area contributed by atoms with Gasteiger partial charge in [-0.05, 0) is 41.7 Å². The summed E-state index contributed by atoms with van der Waals surface area (Å²) < 4.78 is 0. The fourth-order valence-corrected chi connectivity index (χ4v) is 2.26. The molecule has 3 heteroatoms. The van der Waals surface area contributed by atoms with Crippen LogP contribution in [-0.4, -0.2) is 5.91 Å². The molecule has 1 fully saturated rings. The summed E-state index contributed by atoms with van der Waals surface area (Å²) in [7, 11) is 0. The largest absolute Gasteiger partial charge is 0.352 e. The van der Waals surface area contributed by atoms with Crippen LogP contribution >= 0.6 is 11.6 Å². The molecule has 0 atom stereocenters. The number of benzene rings is 2. The van der Waals surface area contributed by atoms with E-state index in [0.717, 1.165) is 34.6 Å². The van der Waals surface area contributed by atoms with Crippen molar-refractivity contribution in [3.63, 3.8) is 0 Å². The van der Waals surface area contributed by atoms with Crippen LogP contribution in [0.1, 0.15) is 18.4 Å². The average molecular weight is 286 g/mol. The molecule has 2 nitrogen and oxygen atoms in total. The molecule has 0 aliphatic heterocycles. The number of carbonyl (C=O) groups excluding carboxylic acids is 1. The van der Waals surface area contributed by atoms with Gasteiger partial charge in [-0.2, -0.15) is 0 Å². The molecule has 2 aromatic carbocycles. The molecular weight excluding hydrogens is 270 g/mol. The van der Waals surface area contributed by atoms with E-state index in [1.54, 1.807) is 0 Å². The van der Waals surface area contributed by atoms with Crippen molar-refractivity contribution in [2.24, 2.45) is 5.92 Å². The number of nitrogens with one attached hydrogen (secondary N) is 1. The zero-order valence-corrected chi connectivity index (χ0v) is 11.9. The third-order valence-electron chi connectivity index (χ3n) is 3.55. The molecule has 0 unspecified atom stereocenters. The van der Waals surface area contributed by atoms with Gasteiger partial charge in [0.15, 0.2) is 0 Å². The zero-order chi connectivity index (χ0) is 13.9. The number of hydrogen-bond acceptors (Lipinski definition) is 1. The van der Waals surface area contributed by atoms with Gasteiger partial charge < -0.3 is 5.32 Å². The Labute approximate surface area is 123 Å². The summed E-state index contributed by atoms with van der Waals surface area (Å²) in [5.41, 5.74) is 3.42. The summed E-state index contributed by atoms with van der Waals surface area (Å²) in [4.78, 5) is 11.6. The Kier molecular flexibility index (Phi) is 3.75. The lowest BCUT2D eigenvalue weighted by molar-refractivity contribution is -0.122. The molecule has 102 valence electrons. The van der Waals surface area contributed by atoms with Crippen LogP contribution in [-0.2, 0) is 11.3 Å². The van der Waals surface area contributed by atoms with E-state index in [2.05, 4.69) is 29.6 Å². The lowest BCUT2D eigenvalue weighted by Crippen LogP contribution is -2.24. The van der Waals surface area contributed by atoms with E-state index in [0.29, 0.717) is 6.54 Å². The molecule has 0 radical (unpaired) electrons. The maximum Gasteiger partial charge on any atom is 0.223 e. The topological polar surface area (TPSA) is 29.1 Å². The van der Waals surface area contributed by atoms with Gasteiger partial charge in [0.1, 0.15) is 0 Å². The maximum atomic E-state index is 11.6. The highest BCUT2D eigenvalue weighted by molar-refractivity contribution is 6.30. The second kappa shape index (κ2) is 5.68. The van der Waals surface area contributed by atoms with Crippen molar-refractivity contribution >= 4 is 17.5 Å². The highest BCUT2D eigenvalue weighted by Gasteiger charge is 2.29. The van der Waals surface area contributed by atoms with E-state index >= 15 is 0 Å². The van der Waals surface area contributed by atoms with Crippen LogP contribution in [0.15, 0.2) is 48.5 Å². The number of rotatable bonds is 4. The zero-order valence-electron chi connectivity index (χ0n) is 11.1. The second-order valence-electron chi connectivity index (χ2n) is 5.20. The minimum absolute atomic E-state index is 0.187. The highest BCUT2D eigenvalue weighted by atomic mass is 35.5. The van der Waals surface area contributed by atoms with Gasteiger partial charge >= 0.3 is 0 Å². The van der Waals surface area contributed by atoms with Gasteiger partial charge in [-0.1, -0.05) is 48.0 Å². The standard InChI is InChI=1S/C17H16ClNO/c18-16-9-7-14(8-10-16)13-3-1-12(2-4-13)11-19-17(20)15-5-6-15/h1-4,7-10,15H,5-6,11H2,(H,19,20). The Morgan fingerprint density at radius 2 is 1.55 bits per heavy atom. The summed E-state index contributed by atoms with van der Waals surface area (Å²) in [6, 6.07) is 16.0. The Hall–Kier alpha value is -1.80. The predicted octanol–water partition coefficient (Wildman–Crippen LogP) is 4.03. The fraction of sp³-hybridized carbons (Fsp3) is 0.235. The first kappa shape index (κ1) is 13.2. The number of halogens is 1. The Morgan fingerprint density at radius 3 is 2.10 bits per heavy atom. The molecule has 1 saturated carbocycles. The van der Waals surface area contributed by atoms with E-state index in [-0.39, 0.29) is 11.8 Å². The fourth-order valence-electron chi connectivity index (χ4n) is 2.14. The first-order valence-electron chi connectivity index (χ1n) is 6.85. The molecule has 1 aliphatic rings. The normalized spacial score (nSPS) is 14.1. The molecule has 0 saturated heterocycles. The van der Waals surface area contributed by atoms with Gasteiger partial charge in [-0.15, -0.1) is 0 Å². The third kappa shape index (κ3) is 3.20. The van der Waals surface area contributed by atoms with Crippen LogP contribution < -0.4 is 5.32 Å². The molecule has 1 amide bonds. The molecule has 0 bridgehead atoms. The molecule has 1 aliphatic carbocycles. The molecule has 0 aromatic heterocycles. The highest BCUT2D eigenvalue weighted by Crippen LogP contribution is 2.28. The van der Waals surface area contributed by atoms with E-state index in [1.807, 2.05) is 24.3 Å². The summed E-state index contributed by atoms with van der Waals surface area (Å²) in [6.07, 6.45) is 2.09. The molecule has 0 heterocycles. The Morgan fingerprint density at radius 1 is 1.00 bits per heavy atom. The van der Waals surface area contributed by atoms with E-state index in [9.17, 15) is 4.79 Å². The Balaban J connectivity index is 1.64. The summed E-state index contributed by atoms with van der Waals surface area (Å²) in [5.74, 6) is 0.454. The van der Waals surface area contributed by atoms with Crippen LogP contribution in [0.5, 0.6) is 0 Å². The van der Waals surface area contributed by atoms with Crippen LogP contribution in [0, 0.1) is 5.92 Å². The molecule has 0 spiro atoms. The van der Waals surface area contributed by atoms with Crippen LogP contribution in [0.2, 0.25) is 5.02 Å². The Bertz CT molecular complexity index is 600. The van der Waals surface area contributed by atoms with Crippen molar-refractivity contribution in [2.75, 3.05) is 0 Å². The van der Waals surface area contributed by atoms with Crippen molar-refractivity contribution in [2.45, 2.75) is 19.4 Å².